The minimum atomic E-state index is -0.615. The van der Waals surface area contributed by atoms with Gasteiger partial charge in [-0.1, -0.05) is 37.6 Å². The molecule has 0 radical (unpaired) electrons. The molecule has 0 saturated heterocycles. The van der Waals surface area contributed by atoms with E-state index in [-0.39, 0.29) is 5.91 Å². The highest BCUT2D eigenvalue weighted by Crippen LogP contribution is 2.25. The van der Waals surface area contributed by atoms with Crippen molar-refractivity contribution in [3.8, 4) is 0 Å². The Hall–Kier alpha value is -2.17. The van der Waals surface area contributed by atoms with E-state index in [1.54, 1.807) is 12.2 Å². The molecule has 3 amide bonds. The molecule has 1 unspecified atom stereocenters. The standard InChI is InChI=1S/C16H22N2O3/c1-4-7-12-10-18(16(21)13(12)8-5-2)14(9-6-3)15(20)17-11-19/h4-5,7-8,11,14H,6,9-10H2,1-3H3,(H,17,19,20)/b7-4?,8-5-. The Morgan fingerprint density at radius 1 is 1.33 bits per heavy atom. The van der Waals surface area contributed by atoms with E-state index in [9.17, 15) is 14.4 Å². The van der Waals surface area contributed by atoms with E-state index >= 15 is 0 Å². The Morgan fingerprint density at radius 2 is 2.00 bits per heavy atom. The summed E-state index contributed by atoms with van der Waals surface area (Å²) in [6, 6.07) is -0.615. The van der Waals surface area contributed by atoms with Gasteiger partial charge in [0.2, 0.25) is 12.3 Å². The molecule has 1 rings (SSSR count). The third-order valence-corrected chi connectivity index (χ3v) is 3.32. The van der Waals surface area contributed by atoms with Crippen molar-refractivity contribution in [1.29, 1.82) is 0 Å². The number of imide groups is 1. The lowest BCUT2D eigenvalue weighted by Gasteiger charge is -2.26. The molecular weight excluding hydrogens is 268 g/mol. The number of amides is 3. The molecule has 1 heterocycles. The topological polar surface area (TPSA) is 66.5 Å². The summed E-state index contributed by atoms with van der Waals surface area (Å²) >= 11 is 0. The zero-order valence-electron chi connectivity index (χ0n) is 12.8. The van der Waals surface area contributed by atoms with Gasteiger partial charge >= 0.3 is 0 Å². The molecule has 21 heavy (non-hydrogen) atoms. The van der Waals surface area contributed by atoms with Crippen LogP contribution in [-0.2, 0) is 14.4 Å². The van der Waals surface area contributed by atoms with Gasteiger partial charge in [0.1, 0.15) is 6.04 Å². The van der Waals surface area contributed by atoms with Crippen molar-refractivity contribution in [3.05, 3.63) is 35.5 Å². The second kappa shape index (κ2) is 8.19. The molecule has 114 valence electrons. The minimum absolute atomic E-state index is 0.166. The van der Waals surface area contributed by atoms with Crippen molar-refractivity contribution in [3.63, 3.8) is 0 Å². The van der Waals surface area contributed by atoms with Gasteiger partial charge in [-0.2, -0.15) is 0 Å². The molecule has 1 aliphatic rings. The van der Waals surface area contributed by atoms with Gasteiger partial charge in [-0.15, -0.1) is 0 Å². The second-order valence-electron chi connectivity index (χ2n) is 4.80. The van der Waals surface area contributed by atoms with Crippen molar-refractivity contribution in [1.82, 2.24) is 10.2 Å². The second-order valence-corrected chi connectivity index (χ2v) is 4.80. The van der Waals surface area contributed by atoms with Crippen LogP contribution in [0.4, 0.5) is 0 Å². The Bertz CT molecular complexity index is 504. The highest BCUT2D eigenvalue weighted by Gasteiger charge is 2.35. The largest absolute Gasteiger partial charge is 0.322 e. The quantitative estimate of drug-likeness (QED) is 0.726. The first-order valence-electron chi connectivity index (χ1n) is 7.14. The number of nitrogens with one attached hydrogen (secondary N) is 1. The fourth-order valence-corrected chi connectivity index (χ4v) is 2.43. The van der Waals surface area contributed by atoms with Crippen molar-refractivity contribution in [2.45, 2.75) is 39.7 Å². The van der Waals surface area contributed by atoms with Gasteiger partial charge in [0.15, 0.2) is 0 Å². The summed E-state index contributed by atoms with van der Waals surface area (Å²) in [4.78, 5) is 36.5. The van der Waals surface area contributed by atoms with Crippen LogP contribution < -0.4 is 5.32 Å². The van der Waals surface area contributed by atoms with E-state index in [0.717, 1.165) is 12.0 Å². The van der Waals surface area contributed by atoms with Crippen LogP contribution in [0.2, 0.25) is 0 Å². The van der Waals surface area contributed by atoms with Crippen molar-refractivity contribution >= 4 is 18.2 Å². The Labute approximate surface area is 125 Å². The summed E-state index contributed by atoms with van der Waals surface area (Å²) in [5, 5.41) is 2.15. The lowest BCUT2D eigenvalue weighted by atomic mass is 10.1. The van der Waals surface area contributed by atoms with Gasteiger partial charge in [-0.05, 0) is 25.8 Å². The lowest BCUT2D eigenvalue weighted by Crippen LogP contribution is -2.48. The van der Waals surface area contributed by atoms with E-state index in [2.05, 4.69) is 5.32 Å². The molecule has 1 N–H and O–H groups in total. The van der Waals surface area contributed by atoms with Crippen molar-refractivity contribution < 1.29 is 14.4 Å². The maximum absolute atomic E-state index is 12.5. The molecule has 0 bridgehead atoms. The van der Waals surface area contributed by atoms with Gasteiger partial charge in [-0.3, -0.25) is 19.7 Å². The van der Waals surface area contributed by atoms with Crippen LogP contribution in [0.5, 0.6) is 0 Å². The van der Waals surface area contributed by atoms with Gasteiger partial charge in [0, 0.05) is 12.1 Å². The lowest BCUT2D eigenvalue weighted by molar-refractivity contribution is -0.137. The predicted molar refractivity (Wildman–Crippen MR) is 81.3 cm³/mol. The molecule has 0 spiro atoms. The summed E-state index contributed by atoms with van der Waals surface area (Å²) < 4.78 is 0. The SMILES string of the molecule is CC=CC1=C(/C=C\C)C(=O)N(C(CCC)C(=O)NC=O)C1. The van der Waals surface area contributed by atoms with Crippen LogP contribution in [0.3, 0.4) is 0 Å². The first-order chi connectivity index (χ1) is 10.1. The van der Waals surface area contributed by atoms with Crippen molar-refractivity contribution in [2.75, 3.05) is 6.54 Å². The fourth-order valence-electron chi connectivity index (χ4n) is 2.43. The summed E-state index contributed by atoms with van der Waals surface area (Å²) in [5.74, 6) is -0.595. The molecular formula is C16H22N2O3. The average Bonchev–Trinajstić information content (AvgIpc) is 2.75. The molecule has 0 aromatic carbocycles. The van der Waals surface area contributed by atoms with E-state index < -0.39 is 11.9 Å². The third-order valence-electron chi connectivity index (χ3n) is 3.32. The molecule has 1 aliphatic heterocycles. The number of hydrogen-bond donors (Lipinski definition) is 1. The summed E-state index contributed by atoms with van der Waals surface area (Å²) in [7, 11) is 0. The Balaban J connectivity index is 3.06. The monoisotopic (exact) mass is 290 g/mol. The van der Waals surface area contributed by atoms with Crippen LogP contribution in [0, 0.1) is 0 Å². The average molecular weight is 290 g/mol. The fraction of sp³-hybridized carbons (Fsp3) is 0.438. The molecule has 0 aliphatic carbocycles. The smallest absolute Gasteiger partial charge is 0.255 e. The normalized spacial score (nSPS) is 17.1. The van der Waals surface area contributed by atoms with Crippen molar-refractivity contribution in [2.24, 2.45) is 0 Å². The first kappa shape index (κ1) is 16.9. The number of carbonyl (C=O) groups excluding carboxylic acids is 3. The van der Waals surface area contributed by atoms with Gasteiger partial charge < -0.3 is 4.90 Å². The molecule has 0 fully saturated rings. The van der Waals surface area contributed by atoms with Gasteiger partial charge in [0.05, 0.1) is 0 Å². The summed E-state index contributed by atoms with van der Waals surface area (Å²) in [5.41, 5.74) is 1.50. The summed E-state index contributed by atoms with van der Waals surface area (Å²) in [6.45, 7) is 6.06. The zero-order valence-corrected chi connectivity index (χ0v) is 12.8. The minimum Gasteiger partial charge on any atom is -0.322 e. The molecule has 5 nitrogen and oxygen atoms in total. The number of nitrogens with zero attached hydrogens (tertiary/aromatic N) is 1. The van der Waals surface area contributed by atoms with Crippen LogP contribution in [0.15, 0.2) is 35.5 Å². The Morgan fingerprint density at radius 3 is 2.52 bits per heavy atom. The number of carbonyl (C=O) groups is 3. The van der Waals surface area contributed by atoms with E-state index in [4.69, 9.17) is 0 Å². The van der Waals surface area contributed by atoms with Crippen LogP contribution in [0.25, 0.3) is 0 Å². The van der Waals surface area contributed by atoms with E-state index in [0.29, 0.717) is 24.9 Å². The molecule has 5 heteroatoms. The van der Waals surface area contributed by atoms with Gasteiger partial charge in [-0.25, -0.2) is 0 Å². The third kappa shape index (κ3) is 3.90. The maximum atomic E-state index is 12.5. The Kier molecular flexibility index (Phi) is 6.59. The molecule has 0 aromatic heterocycles. The van der Waals surface area contributed by atoms with Gasteiger partial charge in [0.25, 0.3) is 5.91 Å². The predicted octanol–water partition coefficient (Wildman–Crippen LogP) is 1.72. The number of rotatable bonds is 7. The highest BCUT2D eigenvalue weighted by molar-refractivity contribution is 6.03. The van der Waals surface area contributed by atoms with E-state index in [1.807, 2.05) is 32.9 Å². The van der Waals surface area contributed by atoms with E-state index in [1.165, 1.54) is 4.90 Å². The van der Waals surface area contributed by atoms with Crippen LogP contribution >= 0.6 is 0 Å². The molecule has 0 aromatic rings. The van der Waals surface area contributed by atoms with Crippen LogP contribution in [0.1, 0.15) is 33.6 Å². The molecule has 0 saturated carbocycles. The maximum Gasteiger partial charge on any atom is 0.255 e. The summed E-state index contributed by atoms with van der Waals surface area (Å²) in [6.07, 6.45) is 8.96. The molecule has 1 atom stereocenters. The number of hydrogen-bond acceptors (Lipinski definition) is 3. The number of allylic oxidation sites excluding steroid dienone is 2. The zero-order chi connectivity index (χ0) is 15.8. The first-order valence-corrected chi connectivity index (χ1v) is 7.14. The highest BCUT2D eigenvalue weighted by atomic mass is 16.2. The van der Waals surface area contributed by atoms with Crippen LogP contribution in [-0.4, -0.2) is 35.7 Å².